The van der Waals surface area contributed by atoms with Crippen LogP contribution in [0.4, 0.5) is 4.39 Å². The van der Waals surface area contributed by atoms with E-state index in [4.69, 9.17) is 11.6 Å². The van der Waals surface area contributed by atoms with E-state index in [-0.39, 0.29) is 11.2 Å². The third-order valence-electron chi connectivity index (χ3n) is 3.54. The lowest BCUT2D eigenvalue weighted by Crippen LogP contribution is -1.99. The van der Waals surface area contributed by atoms with Crippen molar-refractivity contribution >= 4 is 27.5 Å². The minimum Gasteiger partial charge on any atom is -0.206 e. The van der Waals surface area contributed by atoms with Gasteiger partial charge in [0.25, 0.3) is 0 Å². The van der Waals surface area contributed by atoms with E-state index in [1.807, 2.05) is 12.1 Å². The second kappa shape index (κ2) is 6.73. The van der Waals surface area contributed by atoms with Gasteiger partial charge in [-0.15, -0.1) is 11.6 Å². The van der Waals surface area contributed by atoms with Crippen molar-refractivity contribution in [3.63, 3.8) is 0 Å². The average Bonchev–Trinajstić information content (AvgIpc) is 2.48. The molecule has 0 saturated heterocycles. The Labute approximate surface area is 133 Å². The summed E-state index contributed by atoms with van der Waals surface area (Å²) in [4.78, 5) is 0. The maximum absolute atomic E-state index is 13.6. The van der Waals surface area contributed by atoms with Crippen molar-refractivity contribution in [3.05, 3.63) is 68.9 Å². The summed E-state index contributed by atoms with van der Waals surface area (Å²) < 4.78 is 14.1. The fraction of sp³-hybridized carbons (Fsp3) is 0.294. The van der Waals surface area contributed by atoms with Crippen molar-refractivity contribution in [2.75, 3.05) is 0 Å². The van der Waals surface area contributed by atoms with Gasteiger partial charge in [-0.3, -0.25) is 0 Å². The van der Waals surface area contributed by atoms with Crippen LogP contribution in [0.1, 0.15) is 41.5 Å². The van der Waals surface area contributed by atoms with E-state index in [0.717, 1.165) is 24.0 Å². The van der Waals surface area contributed by atoms with Gasteiger partial charge >= 0.3 is 0 Å². The van der Waals surface area contributed by atoms with Crippen molar-refractivity contribution in [1.82, 2.24) is 0 Å². The molecule has 0 heterocycles. The number of alkyl halides is 1. The van der Waals surface area contributed by atoms with Crippen LogP contribution in [0.15, 0.2) is 40.9 Å². The Morgan fingerprint density at radius 2 is 1.80 bits per heavy atom. The Kier molecular flexibility index (Phi) is 5.22. The normalized spacial score (nSPS) is 12.4. The highest BCUT2D eigenvalue weighted by molar-refractivity contribution is 9.10. The summed E-state index contributed by atoms with van der Waals surface area (Å²) in [5, 5.41) is -0.351. The molecule has 0 aliphatic rings. The molecule has 2 aromatic carbocycles. The van der Waals surface area contributed by atoms with E-state index in [2.05, 4.69) is 41.9 Å². The first-order valence-electron chi connectivity index (χ1n) is 6.78. The predicted molar refractivity (Wildman–Crippen MR) is 87.0 cm³/mol. The fourth-order valence-electron chi connectivity index (χ4n) is 2.37. The van der Waals surface area contributed by atoms with E-state index in [0.29, 0.717) is 4.47 Å². The first-order chi connectivity index (χ1) is 9.58. The molecule has 0 bridgehead atoms. The van der Waals surface area contributed by atoms with Gasteiger partial charge in [-0.25, -0.2) is 4.39 Å². The van der Waals surface area contributed by atoms with Crippen LogP contribution < -0.4 is 0 Å². The number of hydrogen-bond donors (Lipinski definition) is 0. The van der Waals surface area contributed by atoms with Crippen LogP contribution in [0.3, 0.4) is 0 Å². The summed E-state index contributed by atoms with van der Waals surface area (Å²) >= 11 is 9.82. The van der Waals surface area contributed by atoms with E-state index in [9.17, 15) is 4.39 Å². The van der Waals surface area contributed by atoms with E-state index < -0.39 is 0 Å². The van der Waals surface area contributed by atoms with Crippen molar-refractivity contribution in [1.29, 1.82) is 0 Å². The lowest BCUT2D eigenvalue weighted by Gasteiger charge is -2.15. The highest BCUT2D eigenvalue weighted by atomic mass is 79.9. The third kappa shape index (κ3) is 3.07. The zero-order valence-electron chi connectivity index (χ0n) is 11.6. The SMILES string of the molecule is CCc1ccc(C(Cl)c2cccc(F)c2Br)cc1CC. The minimum absolute atomic E-state index is 0.283. The number of halogens is 3. The van der Waals surface area contributed by atoms with E-state index in [1.54, 1.807) is 6.07 Å². The highest BCUT2D eigenvalue weighted by Crippen LogP contribution is 2.35. The zero-order chi connectivity index (χ0) is 14.7. The number of benzene rings is 2. The van der Waals surface area contributed by atoms with Crippen LogP contribution in [0, 0.1) is 5.82 Å². The molecule has 1 atom stereocenters. The summed E-state index contributed by atoms with van der Waals surface area (Å²) in [5.74, 6) is -0.283. The summed E-state index contributed by atoms with van der Waals surface area (Å²) in [6.45, 7) is 4.29. The topological polar surface area (TPSA) is 0 Å². The highest BCUT2D eigenvalue weighted by Gasteiger charge is 2.17. The van der Waals surface area contributed by atoms with Crippen molar-refractivity contribution in [2.24, 2.45) is 0 Å². The minimum atomic E-state index is -0.351. The van der Waals surface area contributed by atoms with Crippen LogP contribution in [0.25, 0.3) is 0 Å². The van der Waals surface area contributed by atoms with Gasteiger partial charge in [0.05, 0.1) is 9.85 Å². The number of rotatable bonds is 4. The van der Waals surface area contributed by atoms with Crippen molar-refractivity contribution in [2.45, 2.75) is 32.1 Å². The van der Waals surface area contributed by atoms with Crippen molar-refractivity contribution < 1.29 is 4.39 Å². The quantitative estimate of drug-likeness (QED) is 0.586. The molecule has 0 saturated carbocycles. The van der Waals surface area contributed by atoms with Gasteiger partial charge in [-0.2, -0.15) is 0 Å². The molecule has 0 nitrogen and oxygen atoms in total. The zero-order valence-corrected chi connectivity index (χ0v) is 13.9. The molecule has 3 heteroatoms. The molecule has 0 amide bonds. The first kappa shape index (κ1) is 15.5. The summed E-state index contributed by atoms with van der Waals surface area (Å²) in [6.07, 6.45) is 1.99. The summed E-state index contributed by atoms with van der Waals surface area (Å²) in [5.41, 5.74) is 4.42. The maximum Gasteiger partial charge on any atom is 0.137 e. The molecule has 0 fully saturated rings. The van der Waals surface area contributed by atoms with Crippen LogP contribution in [-0.2, 0) is 12.8 Å². The van der Waals surface area contributed by atoms with E-state index in [1.165, 1.54) is 17.2 Å². The van der Waals surface area contributed by atoms with Gasteiger partial charge < -0.3 is 0 Å². The Morgan fingerprint density at radius 1 is 1.10 bits per heavy atom. The van der Waals surface area contributed by atoms with Gasteiger partial charge in [0, 0.05) is 0 Å². The lowest BCUT2D eigenvalue weighted by atomic mass is 9.96. The Morgan fingerprint density at radius 3 is 2.45 bits per heavy atom. The molecule has 0 aromatic heterocycles. The Bertz CT molecular complexity index is 610. The summed E-state index contributed by atoms with van der Waals surface area (Å²) in [6, 6.07) is 11.3. The molecule has 0 N–H and O–H groups in total. The second-order valence-electron chi connectivity index (χ2n) is 4.74. The standard InChI is InChI=1S/C17H17BrClF/c1-3-11-8-9-13(10-12(11)4-2)17(19)14-6-5-7-15(20)16(14)18/h5-10,17H,3-4H2,1-2H3. The van der Waals surface area contributed by atoms with Gasteiger partial charge in [-0.1, -0.05) is 44.2 Å². The number of aryl methyl sites for hydroxylation is 2. The van der Waals surface area contributed by atoms with Gasteiger partial charge in [0.1, 0.15) is 5.82 Å². The van der Waals surface area contributed by atoms with Crippen molar-refractivity contribution in [3.8, 4) is 0 Å². The van der Waals surface area contributed by atoms with Crippen LogP contribution in [0.2, 0.25) is 0 Å². The maximum atomic E-state index is 13.6. The Balaban J connectivity index is 2.43. The average molecular weight is 356 g/mol. The predicted octanol–water partition coefficient (Wildman–Crippen LogP) is 6.04. The monoisotopic (exact) mass is 354 g/mol. The molecular formula is C17H17BrClF. The van der Waals surface area contributed by atoms with Gasteiger partial charge in [0.2, 0.25) is 0 Å². The third-order valence-corrected chi connectivity index (χ3v) is 4.86. The molecule has 0 aliphatic heterocycles. The van der Waals surface area contributed by atoms with Crippen LogP contribution >= 0.6 is 27.5 Å². The second-order valence-corrected chi connectivity index (χ2v) is 5.97. The van der Waals surface area contributed by atoms with Gasteiger partial charge in [-0.05, 0) is 57.1 Å². The summed E-state index contributed by atoms with van der Waals surface area (Å²) in [7, 11) is 0. The molecular weight excluding hydrogens is 339 g/mol. The first-order valence-corrected chi connectivity index (χ1v) is 8.01. The molecule has 0 aliphatic carbocycles. The smallest absolute Gasteiger partial charge is 0.137 e. The molecule has 20 heavy (non-hydrogen) atoms. The van der Waals surface area contributed by atoms with Crippen LogP contribution in [-0.4, -0.2) is 0 Å². The molecule has 0 radical (unpaired) electrons. The molecule has 2 aromatic rings. The molecule has 0 spiro atoms. The molecule has 1 unspecified atom stereocenters. The number of hydrogen-bond acceptors (Lipinski definition) is 0. The van der Waals surface area contributed by atoms with Gasteiger partial charge in [0.15, 0.2) is 0 Å². The lowest BCUT2D eigenvalue weighted by molar-refractivity contribution is 0.618. The molecule has 106 valence electrons. The van der Waals surface area contributed by atoms with Crippen LogP contribution in [0.5, 0.6) is 0 Å². The fourth-order valence-corrected chi connectivity index (χ4v) is 3.32. The van der Waals surface area contributed by atoms with E-state index >= 15 is 0 Å². The Hall–Kier alpha value is -0.860. The largest absolute Gasteiger partial charge is 0.206 e. The molecule has 2 rings (SSSR count).